The molecule has 0 aliphatic heterocycles. The summed E-state index contributed by atoms with van der Waals surface area (Å²) < 4.78 is 44.3. The Morgan fingerprint density at radius 1 is 1.08 bits per heavy atom. The van der Waals surface area contributed by atoms with Crippen LogP contribution in [0.5, 0.6) is 5.88 Å². The molecule has 1 aromatic carbocycles. The van der Waals surface area contributed by atoms with E-state index >= 15 is 4.39 Å². The Morgan fingerprint density at radius 2 is 1.86 bits per heavy atom. The van der Waals surface area contributed by atoms with Crippen LogP contribution >= 0.6 is 11.6 Å². The number of rotatable bonds is 6. The smallest absolute Gasteiger partial charge is 0.334 e. The minimum absolute atomic E-state index is 0.0383. The Labute approximate surface area is 212 Å². The van der Waals surface area contributed by atoms with Gasteiger partial charge in [0, 0.05) is 23.7 Å². The Balaban J connectivity index is 1.48. The number of hydrogen-bond acceptors (Lipinski definition) is 9. The molecule has 15 heteroatoms. The van der Waals surface area contributed by atoms with Gasteiger partial charge in [-0.2, -0.15) is 4.98 Å². The fraction of sp³-hybridized carbons (Fsp3) is 0.182. The minimum atomic E-state index is -0.924. The maximum absolute atomic E-state index is 15.0. The van der Waals surface area contributed by atoms with Gasteiger partial charge in [-0.05, 0) is 35.8 Å². The third-order valence-electron chi connectivity index (χ3n) is 4.96. The number of amides is 3. The van der Waals surface area contributed by atoms with E-state index in [2.05, 4.69) is 36.4 Å². The van der Waals surface area contributed by atoms with E-state index in [1.807, 2.05) is 0 Å². The number of nitrogens with one attached hydrogen (secondary N) is 3. The van der Waals surface area contributed by atoms with E-state index in [-0.39, 0.29) is 50.8 Å². The number of carbonyl (C=O) groups is 2. The zero-order chi connectivity index (χ0) is 26.7. The van der Waals surface area contributed by atoms with Gasteiger partial charge in [0.05, 0.1) is 30.5 Å². The molecule has 3 N–H and O–H groups in total. The zero-order valence-corrected chi connectivity index (χ0v) is 20.2. The average Bonchev–Trinajstić information content (AvgIpc) is 3.51. The number of pyridine rings is 1. The molecule has 0 aliphatic rings. The summed E-state index contributed by atoms with van der Waals surface area (Å²) >= 11 is 6.02. The summed E-state index contributed by atoms with van der Waals surface area (Å²) in [6.45, 7) is 3.02. The Kier molecular flexibility index (Phi) is 7.29. The number of urea groups is 1. The highest BCUT2D eigenvalue weighted by atomic mass is 35.5. The molecule has 0 fully saturated rings. The minimum Gasteiger partial charge on any atom is -0.479 e. The highest BCUT2D eigenvalue weighted by Crippen LogP contribution is 2.36. The molecule has 0 radical (unpaired) electrons. The van der Waals surface area contributed by atoms with Crippen LogP contribution in [0.15, 0.2) is 39.5 Å². The van der Waals surface area contributed by atoms with Crippen molar-refractivity contribution in [1.82, 2.24) is 36.4 Å². The van der Waals surface area contributed by atoms with Crippen LogP contribution < -0.4 is 20.9 Å². The van der Waals surface area contributed by atoms with Gasteiger partial charge in [0.1, 0.15) is 11.6 Å². The molecule has 4 aromatic rings. The summed E-state index contributed by atoms with van der Waals surface area (Å²) in [6, 6.07) is 3.04. The van der Waals surface area contributed by atoms with Crippen LogP contribution in [-0.2, 0) is 0 Å². The molecule has 4 rings (SSSR count). The third kappa shape index (κ3) is 5.64. The first-order valence-electron chi connectivity index (χ1n) is 10.5. The second-order valence-corrected chi connectivity index (χ2v) is 7.98. The summed E-state index contributed by atoms with van der Waals surface area (Å²) in [5.41, 5.74) is 4.41. The predicted molar refractivity (Wildman–Crippen MR) is 123 cm³/mol. The van der Waals surface area contributed by atoms with E-state index in [4.69, 9.17) is 25.4 Å². The molecule has 0 aliphatic carbocycles. The molecule has 1 atom stereocenters. The molecular formula is C22H18ClF2N7O5. The van der Waals surface area contributed by atoms with Gasteiger partial charge in [0.15, 0.2) is 0 Å². The molecule has 3 heterocycles. The van der Waals surface area contributed by atoms with Gasteiger partial charge < -0.3 is 19.1 Å². The van der Waals surface area contributed by atoms with Crippen molar-refractivity contribution in [2.75, 3.05) is 7.11 Å². The number of benzene rings is 1. The molecule has 1 unspecified atom stereocenters. The van der Waals surface area contributed by atoms with Crippen molar-refractivity contribution in [2.45, 2.75) is 19.9 Å². The number of halogens is 3. The quantitative estimate of drug-likeness (QED) is 0.314. The molecule has 3 aromatic heterocycles. The Morgan fingerprint density at radius 3 is 2.51 bits per heavy atom. The number of aryl methyl sites for hydroxylation is 1. The SMILES string of the molecule is COc1cc(C(=O)NNC(=O)NC(C)c2ncc(-c3cc(Cl)cc(F)c3-c3noc(C)n3)cc2F)on1. The molecule has 3 amide bonds. The third-order valence-corrected chi connectivity index (χ3v) is 5.17. The lowest BCUT2D eigenvalue weighted by molar-refractivity contribution is 0.0898. The summed E-state index contributed by atoms with van der Waals surface area (Å²) in [4.78, 5) is 32.3. The summed E-state index contributed by atoms with van der Waals surface area (Å²) in [5.74, 6) is -2.28. The van der Waals surface area contributed by atoms with Gasteiger partial charge in [0.25, 0.3) is 5.88 Å². The van der Waals surface area contributed by atoms with Gasteiger partial charge >= 0.3 is 11.9 Å². The van der Waals surface area contributed by atoms with Crippen molar-refractivity contribution >= 4 is 23.5 Å². The van der Waals surface area contributed by atoms with Crippen LogP contribution in [0.4, 0.5) is 13.6 Å². The number of carbonyl (C=O) groups excluding carboxylic acids is 2. The number of aromatic nitrogens is 4. The average molecular weight is 534 g/mol. The van der Waals surface area contributed by atoms with Crippen molar-refractivity contribution in [2.24, 2.45) is 0 Å². The zero-order valence-electron chi connectivity index (χ0n) is 19.4. The predicted octanol–water partition coefficient (Wildman–Crippen LogP) is 3.74. The lowest BCUT2D eigenvalue weighted by Crippen LogP contribution is -2.47. The summed E-state index contributed by atoms with van der Waals surface area (Å²) in [6.07, 6.45) is 1.29. The molecule has 192 valence electrons. The van der Waals surface area contributed by atoms with Gasteiger partial charge in [-0.3, -0.25) is 15.2 Å². The van der Waals surface area contributed by atoms with E-state index < -0.39 is 29.6 Å². The van der Waals surface area contributed by atoms with Crippen LogP contribution in [0.3, 0.4) is 0 Å². The number of ether oxygens (including phenoxy) is 1. The van der Waals surface area contributed by atoms with Gasteiger partial charge in [-0.1, -0.05) is 16.8 Å². The highest BCUT2D eigenvalue weighted by Gasteiger charge is 2.22. The Bertz CT molecular complexity index is 1480. The first kappa shape index (κ1) is 25.5. The van der Waals surface area contributed by atoms with Crippen molar-refractivity contribution in [3.8, 4) is 28.4 Å². The lowest BCUT2D eigenvalue weighted by atomic mass is 9.99. The van der Waals surface area contributed by atoms with Crippen LogP contribution in [0.1, 0.15) is 35.1 Å². The first-order chi connectivity index (χ1) is 17.7. The molecule has 37 heavy (non-hydrogen) atoms. The molecule has 12 nitrogen and oxygen atoms in total. The topological polar surface area (TPSA) is 157 Å². The van der Waals surface area contributed by atoms with E-state index in [9.17, 15) is 14.0 Å². The van der Waals surface area contributed by atoms with Crippen molar-refractivity contribution in [1.29, 1.82) is 0 Å². The monoisotopic (exact) mass is 533 g/mol. The van der Waals surface area contributed by atoms with Crippen molar-refractivity contribution in [3.63, 3.8) is 0 Å². The van der Waals surface area contributed by atoms with Crippen molar-refractivity contribution in [3.05, 3.63) is 64.5 Å². The van der Waals surface area contributed by atoms with Crippen LogP contribution in [-0.4, -0.2) is 39.3 Å². The molecule has 0 spiro atoms. The fourth-order valence-corrected chi connectivity index (χ4v) is 3.49. The maximum atomic E-state index is 15.0. The van der Waals surface area contributed by atoms with Gasteiger partial charge in [-0.15, -0.1) is 0 Å². The Hall–Kier alpha value is -4.59. The standard InChI is InChI=1S/C22H18ClF2N7O5/c1-9(27-22(34)30-29-21(33)16-7-17(35-3)31-37-16)19-15(25)4-11(8-26-19)13-5-12(23)6-14(24)18(13)20-28-10(2)36-32-20/h4-9H,1-3H3,(H,29,33)(H2,27,30,34). The molecular weight excluding hydrogens is 516 g/mol. The summed E-state index contributed by atoms with van der Waals surface area (Å²) in [5, 5.41) is 9.70. The van der Waals surface area contributed by atoms with E-state index in [1.54, 1.807) is 6.92 Å². The van der Waals surface area contributed by atoms with Crippen molar-refractivity contribution < 1.29 is 32.2 Å². The molecule has 0 saturated heterocycles. The number of methoxy groups -OCH3 is 1. The maximum Gasteiger partial charge on any atom is 0.334 e. The molecule has 0 saturated carbocycles. The van der Waals surface area contributed by atoms with Gasteiger partial charge in [0.2, 0.25) is 17.5 Å². The van der Waals surface area contributed by atoms with Crippen LogP contribution in [0, 0.1) is 18.6 Å². The summed E-state index contributed by atoms with van der Waals surface area (Å²) in [7, 11) is 1.34. The second kappa shape index (κ2) is 10.6. The fourth-order valence-electron chi connectivity index (χ4n) is 3.28. The number of hydrogen-bond donors (Lipinski definition) is 3. The highest BCUT2D eigenvalue weighted by molar-refractivity contribution is 6.31. The van der Waals surface area contributed by atoms with E-state index in [0.717, 1.165) is 12.1 Å². The van der Waals surface area contributed by atoms with E-state index in [0.29, 0.717) is 0 Å². The number of hydrazine groups is 1. The second-order valence-electron chi connectivity index (χ2n) is 7.55. The lowest BCUT2D eigenvalue weighted by Gasteiger charge is -2.16. The van der Waals surface area contributed by atoms with Gasteiger partial charge in [-0.25, -0.2) is 19.0 Å². The molecule has 0 bridgehead atoms. The first-order valence-corrected chi connectivity index (χ1v) is 10.9. The largest absolute Gasteiger partial charge is 0.479 e. The van der Waals surface area contributed by atoms with Crippen LogP contribution in [0.25, 0.3) is 22.5 Å². The van der Waals surface area contributed by atoms with Crippen LogP contribution in [0.2, 0.25) is 5.02 Å². The van der Waals surface area contributed by atoms with E-state index in [1.165, 1.54) is 32.4 Å². The normalized spacial score (nSPS) is 11.6. The number of nitrogens with zero attached hydrogens (tertiary/aromatic N) is 4.